The Labute approximate surface area is 200 Å². The highest BCUT2D eigenvalue weighted by atomic mass is 32.2. The number of thiophene rings is 1. The van der Waals surface area contributed by atoms with E-state index in [1.165, 1.54) is 22.2 Å². The van der Waals surface area contributed by atoms with Gasteiger partial charge in [0.1, 0.15) is 16.5 Å². The molecule has 1 saturated heterocycles. The summed E-state index contributed by atoms with van der Waals surface area (Å²) in [5.41, 5.74) is 2.26. The number of aryl methyl sites for hydroxylation is 1. The van der Waals surface area contributed by atoms with Gasteiger partial charge in [0, 0.05) is 37.0 Å². The highest BCUT2D eigenvalue weighted by Crippen LogP contribution is 2.41. The Bertz CT molecular complexity index is 1250. The molecule has 2 aromatic heterocycles. The van der Waals surface area contributed by atoms with Gasteiger partial charge in [-0.3, -0.25) is 0 Å². The maximum absolute atomic E-state index is 13.0. The van der Waals surface area contributed by atoms with Crippen molar-refractivity contribution in [1.29, 1.82) is 0 Å². The third-order valence-corrected chi connectivity index (χ3v) is 9.79. The first-order valence-electron chi connectivity index (χ1n) is 11.9. The number of hydrogen-bond donors (Lipinski definition) is 0. The number of piperazine rings is 1. The molecular formula is C25H32N4O2S2. The third-order valence-electron chi connectivity index (χ3n) is 6.79. The van der Waals surface area contributed by atoms with Crippen LogP contribution in [0.2, 0.25) is 0 Å². The Kier molecular flexibility index (Phi) is 6.18. The number of anilines is 1. The van der Waals surface area contributed by atoms with Crippen LogP contribution in [0.25, 0.3) is 10.2 Å². The Balaban J connectivity index is 1.42. The largest absolute Gasteiger partial charge is 0.353 e. The maximum Gasteiger partial charge on any atom is 0.218 e. The predicted molar refractivity (Wildman–Crippen MR) is 136 cm³/mol. The molecule has 1 fully saturated rings. The van der Waals surface area contributed by atoms with E-state index in [0.29, 0.717) is 32.1 Å². The molecule has 8 heteroatoms. The summed E-state index contributed by atoms with van der Waals surface area (Å²) in [6.45, 7) is 8.87. The van der Waals surface area contributed by atoms with Gasteiger partial charge in [-0.05, 0) is 36.3 Å². The molecule has 5 rings (SSSR count). The molecule has 1 aliphatic carbocycles. The van der Waals surface area contributed by atoms with Crippen LogP contribution >= 0.6 is 11.3 Å². The van der Waals surface area contributed by atoms with Crippen molar-refractivity contribution in [3.05, 3.63) is 52.2 Å². The first kappa shape index (κ1) is 22.7. The summed E-state index contributed by atoms with van der Waals surface area (Å²) in [6.07, 6.45) is 3.41. The lowest BCUT2D eigenvalue weighted by Crippen LogP contribution is -2.49. The zero-order chi connectivity index (χ0) is 23.2. The van der Waals surface area contributed by atoms with Crippen molar-refractivity contribution in [2.75, 3.05) is 31.1 Å². The lowest BCUT2D eigenvalue weighted by molar-refractivity contribution is 0.383. The van der Waals surface area contributed by atoms with Gasteiger partial charge in [0.2, 0.25) is 10.0 Å². The molecule has 0 radical (unpaired) electrons. The fraction of sp³-hybridized carbons (Fsp3) is 0.520. The fourth-order valence-electron chi connectivity index (χ4n) is 4.88. The van der Waals surface area contributed by atoms with Gasteiger partial charge < -0.3 is 4.90 Å². The summed E-state index contributed by atoms with van der Waals surface area (Å²) in [7, 11) is -3.34. The molecule has 0 N–H and O–H groups in total. The number of hydrogen-bond acceptors (Lipinski definition) is 6. The minimum Gasteiger partial charge on any atom is -0.353 e. The number of benzene rings is 1. The van der Waals surface area contributed by atoms with Crippen molar-refractivity contribution in [3.63, 3.8) is 0 Å². The molecule has 0 spiro atoms. The molecule has 1 atom stereocenters. The zero-order valence-electron chi connectivity index (χ0n) is 19.6. The molecule has 2 aliphatic rings. The monoisotopic (exact) mass is 484 g/mol. The van der Waals surface area contributed by atoms with Gasteiger partial charge in [-0.2, -0.15) is 4.31 Å². The Morgan fingerprint density at radius 3 is 2.52 bits per heavy atom. The third kappa shape index (κ3) is 4.53. The summed E-state index contributed by atoms with van der Waals surface area (Å²) >= 11 is 1.84. The van der Waals surface area contributed by atoms with Crippen LogP contribution in [0.3, 0.4) is 0 Å². The van der Waals surface area contributed by atoms with E-state index in [1.54, 1.807) is 4.31 Å². The summed E-state index contributed by atoms with van der Waals surface area (Å²) in [6, 6.07) is 9.43. The lowest BCUT2D eigenvalue weighted by atomic mass is 9.89. The summed E-state index contributed by atoms with van der Waals surface area (Å²) < 4.78 is 27.7. The Hall–Kier alpha value is -2.03. The van der Waals surface area contributed by atoms with Crippen LogP contribution < -0.4 is 4.90 Å². The van der Waals surface area contributed by atoms with Crippen molar-refractivity contribution >= 4 is 37.4 Å². The minimum absolute atomic E-state index is 0.0549. The van der Waals surface area contributed by atoms with Crippen LogP contribution in [0.5, 0.6) is 0 Å². The van der Waals surface area contributed by atoms with Crippen molar-refractivity contribution in [1.82, 2.24) is 14.3 Å². The lowest BCUT2D eigenvalue weighted by Gasteiger charge is -2.35. The van der Waals surface area contributed by atoms with E-state index in [2.05, 4.69) is 25.7 Å². The van der Waals surface area contributed by atoms with E-state index in [4.69, 9.17) is 9.97 Å². The van der Waals surface area contributed by atoms with E-state index in [0.717, 1.165) is 34.9 Å². The molecule has 1 aromatic carbocycles. The fourth-order valence-corrected chi connectivity index (χ4v) is 7.78. The summed E-state index contributed by atoms with van der Waals surface area (Å²) in [5.74, 6) is 2.90. The van der Waals surface area contributed by atoms with Gasteiger partial charge in [0.15, 0.2) is 0 Å². The average molecular weight is 485 g/mol. The van der Waals surface area contributed by atoms with Crippen molar-refractivity contribution in [2.45, 2.75) is 51.7 Å². The van der Waals surface area contributed by atoms with Crippen LogP contribution in [0.15, 0.2) is 30.3 Å². The Morgan fingerprint density at radius 2 is 1.82 bits per heavy atom. The van der Waals surface area contributed by atoms with Crippen molar-refractivity contribution < 1.29 is 8.42 Å². The van der Waals surface area contributed by atoms with Gasteiger partial charge in [-0.25, -0.2) is 18.4 Å². The van der Waals surface area contributed by atoms with Crippen LogP contribution in [0.4, 0.5) is 5.82 Å². The Morgan fingerprint density at radius 1 is 1.09 bits per heavy atom. The second kappa shape index (κ2) is 8.96. The summed E-state index contributed by atoms with van der Waals surface area (Å²) in [5, 5.41) is 1.21. The van der Waals surface area contributed by atoms with Gasteiger partial charge in [-0.15, -0.1) is 11.3 Å². The number of nitrogens with zero attached hydrogens (tertiary/aromatic N) is 4. The molecule has 0 amide bonds. The first-order chi connectivity index (χ1) is 15.8. The predicted octanol–water partition coefficient (Wildman–Crippen LogP) is 4.59. The topological polar surface area (TPSA) is 66.4 Å². The molecule has 176 valence electrons. The zero-order valence-corrected chi connectivity index (χ0v) is 21.3. The second-order valence-corrected chi connectivity index (χ2v) is 12.8. The van der Waals surface area contributed by atoms with E-state index >= 15 is 0 Å². The van der Waals surface area contributed by atoms with Crippen molar-refractivity contribution in [3.8, 4) is 0 Å². The SMILES string of the molecule is CC(C)c1nc(N2CCN(S(=O)(=O)Cc3ccccc3)CC2)c2c3c(sc2n1)C[C@H](C)CC3. The molecule has 3 heterocycles. The van der Waals surface area contributed by atoms with Gasteiger partial charge in [0.25, 0.3) is 0 Å². The smallest absolute Gasteiger partial charge is 0.218 e. The summed E-state index contributed by atoms with van der Waals surface area (Å²) in [4.78, 5) is 14.8. The number of sulfonamides is 1. The molecular weight excluding hydrogens is 452 g/mol. The molecule has 3 aromatic rings. The quantitative estimate of drug-likeness (QED) is 0.530. The van der Waals surface area contributed by atoms with Crippen LogP contribution in [0, 0.1) is 5.92 Å². The van der Waals surface area contributed by atoms with E-state index < -0.39 is 10.0 Å². The normalized spacial score (nSPS) is 19.9. The molecule has 0 bridgehead atoms. The number of fused-ring (bicyclic) bond motifs is 3. The van der Waals surface area contributed by atoms with Crippen LogP contribution in [-0.2, 0) is 28.6 Å². The van der Waals surface area contributed by atoms with Crippen molar-refractivity contribution in [2.24, 2.45) is 5.92 Å². The van der Waals surface area contributed by atoms with Gasteiger partial charge in [-0.1, -0.05) is 51.1 Å². The average Bonchev–Trinajstić information content (AvgIpc) is 3.16. The molecule has 0 saturated carbocycles. The molecule has 33 heavy (non-hydrogen) atoms. The second-order valence-electron chi connectivity index (χ2n) is 9.72. The highest BCUT2D eigenvalue weighted by Gasteiger charge is 2.31. The maximum atomic E-state index is 13.0. The van der Waals surface area contributed by atoms with E-state index in [-0.39, 0.29) is 11.7 Å². The molecule has 0 unspecified atom stereocenters. The van der Waals surface area contributed by atoms with E-state index in [1.807, 2.05) is 41.7 Å². The first-order valence-corrected chi connectivity index (χ1v) is 14.3. The highest BCUT2D eigenvalue weighted by molar-refractivity contribution is 7.88. The molecule has 1 aliphatic heterocycles. The number of aromatic nitrogens is 2. The number of rotatable bonds is 5. The minimum atomic E-state index is -3.34. The van der Waals surface area contributed by atoms with Gasteiger partial charge in [0.05, 0.1) is 11.1 Å². The van der Waals surface area contributed by atoms with Gasteiger partial charge >= 0.3 is 0 Å². The molecule has 6 nitrogen and oxygen atoms in total. The van der Waals surface area contributed by atoms with E-state index in [9.17, 15) is 8.42 Å². The standard InChI is InChI=1S/C25H32N4O2S2/c1-17(2)23-26-24(22-20-10-9-18(3)15-21(20)32-25(22)27-23)28-11-13-29(14-12-28)33(30,31)16-19-7-5-4-6-8-19/h4-8,17-18H,9-16H2,1-3H3/t18-/m1/s1. The van der Waals surface area contributed by atoms with Crippen LogP contribution in [0.1, 0.15) is 54.9 Å². The van der Waals surface area contributed by atoms with Crippen LogP contribution in [-0.4, -0.2) is 48.9 Å².